The molecule has 0 saturated heterocycles. The smallest absolute Gasteiger partial charge is 0.191 e. The predicted molar refractivity (Wildman–Crippen MR) is 101 cm³/mol. The number of nitrogens with one attached hydrogen (secondary N) is 2. The van der Waals surface area contributed by atoms with Crippen molar-refractivity contribution in [3.05, 3.63) is 34.9 Å². The van der Waals surface area contributed by atoms with Gasteiger partial charge in [0.15, 0.2) is 5.96 Å². The second-order valence-corrected chi connectivity index (χ2v) is 6.20. The van der Waals surface area contributed by atoms with Gasteiger partial charge in [-0.05, 0) is 57.1 Å². The minimum absolute atomic E-state index is 0.405. The third-order valence-corrected chi connectivity index (χ3v) is 4.24. The van der Waals surface area contributed by atoms with E-state index in [1.165, 1.54) is 12.0 Å². The monoisotopic (exact) mass is 338 g/mol. The molecule has 0 fully saturated rings. The maximum absolute atomic E-state index is 5.90. The Balaban J connectivity index is 2.30. The molecule has 1 unspecified atom stereocenters. The molecule has 2 N–H and O–H groups in total. The molecule has 0 heterocycles. The third kappa shape index (κ3) is 8.24. The normalized spacial score (nSPS) is 13.2. The Hall–Kier alpha value is -1.26. The molecule has 130 valence electrons. The molecule has 1 atom stereocenters. The van der Waals surface area contributed by atoms with Gasteiger partial charge in [0.1, 0.15) is 0 Å². The van der Waals surface area contributed by atoms with E-state index >= 15 is 0 Å². The Kier molecular flexibility index (Phi) is 9.72. The highest BCUT2D eigenvalue weighted by Gasteiger charge is 2.06. The molecule has 0 radical (unpaired) electrons. The van der Waals surface area contributed by atoms with Crippen LogP contribution in [0, 0.1) is 0 Å². The topological polar surface area (TPSA) is 39.7 Å². The fourth-order valence-corrected chi connectivity index (χ4v) is 2.58. The fraction of sp³-hybridized carbons (Fsp3) is 0.611. The summed E-state index contributed by atoms with van der Waals surface area (Å²) in [6.45, 7) is 10.8. The third-order valence-electron chi connectivity index (χ3n) is 3.99. The lowest BCUT2D eigenvalue weighted by Gasteiger charge is -2.21. The van der Waals surface area contributed by atoms with Crippen molar-refractivity contribution in [3.63, 3.8) is 0 Å². The highest BCUT2D eigenvalue weighted by Crippen LogP contribution is 2.09. The first kappa shape index (κ1) is 19.8. The lowest BCUT2D eigenvalue weighted by Crippen LogP contribution is -2.42. The summed E-state index contributed by atoms with van der Waals surface area (Å²) in [4.78, 5) is 6.75. The zero-order chi connectivity index (χ0) is 17.1. The van der Waals surface area contributed by atoms with E-state index in [0.717, 1.165) is 43.6 Å². The van der Waals surface area contributed by atoms with Gasteiger partial charge >= 0.3 is 0 Å². The number of guanidine groups is 1. The lowest BCUT2D eigenvalue weighted by molar-refractivity contribution is 0.292. The summed E-state index contributed by atoms with van der Waals surface area (Å²) in [5.74, 6) is 0.843. The Morgan fingerprint density at radius 1 is 1.22 bits per heavy atom. The largest absolute Gasteiger partial charge is 0.354 e. The van der Waals surface area contributed by atoms with Crippen molar-refractivity contribution in [2.75, 3.05) is 26.7 Å². The highest BCUT2D eigenvalue weighted by molar-refractivity contribution is 6.30. The Morgan fingerprint density at radius 3 is 2.43 bits per heavy atom. The molecular weight excluding hydrogens is 308 g/mol. The van der Waals surface area contributed by atoms with E-state index in [4.69, 9.17) is 11.6 Å². The average molecular weight is 339 g/mol. The second-order valence-electron chi connectivity index (χ2n) is 5.77. The lowest BCUT2D eigenvalue weighted by atomic mass is 10.2. The number of hydrogen-bond acceptors (Lipinski definition) is 2. The van der Waals surface area contributed by atoms with Crippen LogP contribution < -0.4 is 10.6 Å². The van der Waals surface area contributed by atoms with Crippen LogP contribution in [0.5, 0.6) is 0 Å². The summed E-state index contributed by atoms with van der Waals surface area (Å²) < 4.78 is 0. The molecule has 0 aliphatic heterocycles. The van der Waals surface area contributed by atoms with Gasteiger partial charge in [-0.2, -0.15) is 0 Å². The van der Waals surface area contributed by atoms with Crippen molar-refractivity contribution in [3.8, 4) is 0 Å². The molecule has 1 rings (SSSR count). The van der Waals surface area contributed by atoms with Crippen LogP contribution in [0.3, 0.4) is 0 Å². The molecule has 0 amide bonds. The second kappa shape index (κ2) is 11.3. The van der Waals surface area contributed by atoms with Gasteiger partial charge in [0.2, 0.25) is 0 Å². The molecule has 0 aromatic heterocycles. The summed E-state index contributed by atoms with van der Waals surface area (Å²) >= 11 is 5.90. The number of halogens is 1. The quantitative estimate of drug-likeness (QED) is 0.534. The zero-order valence-electron chi connectivity index (χ0n) is 14.9. The van der Waals surface area contributed by atoms with E-state index in [2.05, 4.69) is 41.3 Å². The Labute approximate surface area is 146 Å². The van der Waals surface area contributed by atoms with Crippen LogP contribution in [0.2, 0.25) is 5.02 Å². The van der Waals surface area contributed by atoms with Gasteiger partial charge in [-0.3, -0.25) is 4.99 Å². The van der Waals surface area contributed by atoms with E-state index in [0.29, 0.717) is 6.04 Å². The maximum atomic E-state index is 5.90. The van der Waals surface area contributed by atoms with Gasteiger partial charge < -0.3 is 15.5 Å². The maximum Gasteiger partial charge on any atom is 0.191 e. The van der Waals surface area contributed by atoms with Crippen molar-refractivity contribution < 1.29 is 0 Å². The van der Waals surface area contributed by atoms with E-state index in [-0.39, 0.29) is 0 Å². The minimum Gasteiger partial charge on any atom is -0.354 e. The molecular formula is C18H31ClN4. The number of rotatable bonds is 9. The van der Waals surface area contributed by atoms with Gasteiger partial charge in [0.05, 0.1) is 0 Å². The van der Waals surface area contributed by atoms with Crippen LogP contribution in [0.15, 0.2) is 29.3 Å². The molecule has 0 bridgehead atoms. The summed E-state index contributed by atoms with van der Waals surface area (Å²) in [6.07, 6.45) is 2.34. The van der Waals surface area contributed by atoms with Gasteiger partial charge in [0.25, 0.3) is 0 Å². The average Bonchev–Trinajstić information content (AvgIpc) is 2.57. The number of hydrogen-bond donors (Lipinski definition) is 2. The van der Waals surface area contributed by atoms with Crippen molar-refractivity contribution in [1.82, 2.24) is 15.5 Å². The molecule has 1 aromatic rings. The van der Waals surface area contributed by atoms with Gasteiger partial charge in [-0.1, -0.05) is 37.6 Å². The van der Waals surface area contributed by atoms with E-state index in [9.17, 15) is 0 Å². The highest BCUT2D eigenvalue weighted by atomic mass is 35.5. The van der Waals surface area contributed by atoms with Crippen LogP contribution in [-0.2, 0) is 6.54 Å². The number of aliphatic imine (C=N–C) groups is 1. The molecule has 0 spiro atoms. The van der Waals surface area contributed by atoms with Crippen LogP contribution in [0.25, 0.3) is 0 Å². The van der Waals surface area contributed by atoms with E-state index in [1.807, 2.05) is 24.3 Å². The summed E-state index contributed by atoms with van der Waals surface area (Å²) in [5.41, 5.74) is 1.19. The SMILES string of the molecule is CCN(CC)CCCC(C)NC(=NC)NCc1ccc(Cl)cc1. The fourth-order valence-electron chi connectivity index (χ4n) is 2.45. The van der Waals surface area contributed by atoms with E-state index in [1.54, 1.807) is 7.05 Å². The van der Waals surface area contributed by atoms with Crippen molar-refractivity contribution in [1.29, 1.82) is 0 Å². The first-order chi connectivity index (χ1) is 11.1. The molecule has 0 aliphatic rings. The van der Waals surface area contributed by atoms with Crippen LogP contribution in [-0.4, -0.2) is 43.6 Å². The molecule has 23 heavy (non-hydrogen) atoms. The predicted octanol–water partition coefficient (Wildman–Crippen LogP) is 3.52. The van der Waals surface area contributed by atoms with Gasteiger partial charge in [-0.15, -0.1) is 0 Å². The van der Waals surface area contributed by atoms with Crippen molar-refractivity contribution >= 4 is 17.6 Å². The first-order valence-corrected chi connectivity index (χ1v) is 8.90. The van der Waals surface area contributed by atoms with E-state index < -0.39 is 0 Å². The van der Waals surface area contributed by atoms with Crippen molar-refractivity contribution in [2.24, 2.45) is 4.99 Å². The molecule has 1 aromatic carbocycles. The molecule has 0 saturated carbocycles. The minimum atomic E-state index is 0.405. The molecule has 4 nitrogen and oxygen atoms in total. The van der Waals surface area contributed by atoms with Crippen LogP contribution in [0.1, 0.15) is 39.2 Å². The van der Waals surface area contributed by atoms with Crippen LogP contribution >= 0.6 is 11.6 Å². The standard InChI is InChI=1S/C18H31ClN4/c1-5-23(6-2)13-7-8-15(3)22-18(20-4)21-14-16-9-11-17(19)12-10-16/h9-12,15H,5-8,13-14H2,1-4H3,(H2,20,21,22). The summed E-state index contributed by atoms with van der Waals surface area (Å²) in [5, 5.41) is 7.56. The summed E-state index contributed by atoms with van der Waals surface area (Å²) in [6, 6.07) is 8.27. The molecule has 5 heteroatoms. The zero-order valence-corrected chi connectivity index (χ0v) is 15.7. The van der Waals surface area contributed by atoms with Gasteiger partial charge in [0, 0.05) is 24.7 Å². The van der Waals surface area contributed by atoms with Gasteiger partial charge in [-0.25, -0.2) is 0 Å². The summed E-state index contributed by atoms with van der Waals surface area (Å²) in [7, 11) is 1.81. The van der Waals surface area contributed by atoms with Crippen LogP contribution in [0.4, 0.5) is 0 Å². The first-order valence-electron chi connectivity index (χ1n) is 8.53. The Bertz CT molecular complexity index is 455. The Morgan fingerprint density at radius 2 is 1.87 bits per heavy atom. The number of benzene rings is 1. The van der Waals surface area contributed by atoms with Crippen molar-refractivity contribution in [2.45, 2.75) is 46.2 Å². The number of nitrogens with zero attached hydrogens (tertiary/aromatic N) is 2. The molecule has 0 aliphatic carbocycles.